The third-order valence-electron chi connectivity index (χ3n) is 4.48. The van der Waals surface area contributed by atoms with Crippen LogP contribution >= 0.6 is 0 Å². The lowest BCUT2D eigenvalue weighted by atomic mass is 9.80. The highest BCUT2D eigenvalue weighted by Gasteiger charge is 2.25. The molecule has 0 saturated heterocycles. The van der Waals surface area contributed by atoms with Gasteiger partial charge in [0.25, 0.3) is 10.1 Å². The largest absolute Gasteiger partial charge is 0.497 e. The Morgan fingerprint density at radius 1 is 0.808 bits per heavy atom. The van der Waals surface area contributed by atoms with Crippen LogP contribution in [-0.2, 0) is 14.3 Å². The second-order valence-corrected chi connectivity index (χ2v) is 7.80. The van der Waals surface area contributed by atoms with Crippen molar-refractivity contribution in [3.8, 4) is 11.5 Å². The molecule has 2 aromatic carbocycles. The van der Waals surface area contributed by atoms with Gasteiger partial charge >= 0.3 is 0 Å². The zero-order chi connectivity index (χ0) is 19.2. The van der Waals surface area contributed by atoms with Crippen LogP contribution in [0.4, 0.5) is 0 Å². The van der Waals surface area contributed by atoms with Crippen LogP contribution in [0, 0.1) is 0 Å². The van der Waals surface area contributed by atoms with Gasteiger partial charge in [-0.1, -0.05) is 31.2 Å². The molecule has 5 nitrogen and oxygen atoms in total. The van der Waals surface area contributed by atoms with Gasteiger partial charge in [0.2, 0.25) is 0 Å². The van der Waals surface area contributed by atoms with Crippen molar-refractivity contribution >= 4 is 10.1 Å². The predicted octanol–water partition coefficient (Wildman–Crippen LogP) is 3.96. The lowest BCUT2D eigenvalue weighted by Crippen LogP contribution is -2.19. The molecule has 0 bridgehead atoms. The van der Waals surface area contributed by atoms with Gasteiger partial charge in [0, 0.05) is 5.92 Å². The fourth-order valence-electron chi connectivity index (χ4n) is 3.10. The van der Waals surface area contributed by atoms with Crippen LogP contribution in [0.2, 0.25) is 0 Å². The average Bonchev–Trinajstić information content (AvgIpc) is 2.64. The molecule has 0 radical (unpaired) electrons. The molecule has 26 heavy (non-hydrogen) atoms. The Morgan fingerprint density at radius 3 is 1.58 bits per heavy atom. The lowest BCUT2D eigenvalue weighted by molar-refractivity contribution is 0.273. The number of hydrogen-bond acceptors (Lipinski definition) is 5. The molecule has 0 amide bonds. The SMILES string of the molecule is CCC(c1ccc(OC)cc1)C(COS(C)(=O)=O)c1ccc(OC)cc1. The van der Waals surface area contributed by atoms with E-state index in [4.69, 9.17) is 13.7 Å². The first kappa shape index (κ1) is 20.3. The molecule has 0 saturated carbocycles. The van der Waals surface area contributed by atoms with Gasteiger partial charge in [-0.3, -0.25) is 4.18 Å². The lowest BCUT2D eigenvalue weighted by Gasteiger charge is -2.27. The highest BCUT2D eigenvalue weighted by Crippen LogP contribution is 2.37. The molecule has 0 spiro atoms. The van der Waals surface area contributed by atoms with Crippen molar-refractivity contribution in [1.29, 1.82) is 0 Å². The summed E-state index contributed by atoms with van der Waals surface area (Å²) in [4.78, 5) is 0. The van der Waals surface area contributed by atoms with Crippen LogP contribution in [-0.4, -0.2) is 35.5 Å². The fourth-order valence-corrected chi connectivity index (χ4v) is 3.49. The Hall–Kier alpha value is -2.05. The quantitative estimate of drug-likeness (QED) is 0.618. The van der Waals surface area contributed by atoms with Gasteiger partial charge in [-0.15, -0.1) is 0 Å². The van der Waals surface area contributed by atoms with Crippen LogP contribution in [0.5, 0.6) is 11.5 Å². The molecule has 0 aliphatic heterocycles. The van der Waals surface area contributed by atoms with E-state index in [2.05, 4.69) is 6.92 Å². The van der Waals surface area contributed by atoms with E-state index in [-0.39, 0.29) is 18.4 Å². The third kappa shape index (κ3) is 5.47. The maximum Gasteiger partial charge on any atom is 0.264 e. The van der Waals surface area contributed by atoms with E-state index in [1.807, 2.05) is 48.5 Å². The van der Waals surface area contributed by atoms with E-state index in [0.29, 0.717) is 0 Å². The summed E-state index contributed by atoms with van der Waals surface area (Å²) in [5, 5.41) is 0. The molecule has 6 heteroatoms. The summed E-state index contributed by atoms with van der Waals surface area (Å²) in [5.74, 6) is 1.55. The van der Waals surface area contributed by atoms with Crippen LogP contribution in [0.1, 0.15) is 36.3 Å². The topological polar surface area (TPSA) is 61.8 Å². The number of benzene rings is 2. The number of rotatable bonds is 9. The predicted molar refractivity (Wildman–Crippen MR) is 103 cm³/mol. The van der Waals surface area contributed by atoms with Gasteiger partial charge in [-0.2, -0.15) is 8.42 Å². The monoisotopic (exact) mass is 378 g/mol. The third-order valence-corrected chi connectivity index (χ3v) is 5.04. The summed E-state index contributed by atoms with van der Waals surface area (Å²) in [6.07, 6.45) is 1.92. The van der Waals surface area contributed by atoms with Crippen molar-refractivity contribution in [3.63, 3.8) is 0 Å². The minimum Gasteiger partial charge on any atom is -0.497 e. The van der Waals surface area contributed by atoms with Crippen LogP contribution in [0.25, 0.3) is 0 Å². The van der Waals surface area contributed by atoms with Gasteiger partial charge in [0.15, 0.2) is 0 Å². The van der Waals surface area contributed by atoms with Crippen molar-refractivity contribution in [1.82, 2.24) is 0 Å². The molecule has 0 fully saturated rings. The Labute approximate surface area is 156 Å². The molecule has 2 aromatic rings. The minimum atomic E-state index is -3.52. The Bertz CT molecular complexity index is 782. The van der Waals surface area contributed by atoms with E-state index < -0.39 is 10.1 Å². The summed E-state index contributed by atoms with van der Waals surface area (Å²) in [6, 6.07) is 15.5. The first-order chi connectivity index (χ1) is 12.4. The first-order valence-electron chi connectivity index (χ1n) is 8.50. The van der Waals surface area contributed by atoms with Crippen molar-refractivity contribution in [3.05, 3.63) is 59.7 Å². The van der Waals surface area contributed by atoms with E-state index in [1.54, 1.807) is 14.2 Å². The van der Waals surface area contributed by atoms with Crippen LogP contribution in [0.15, 0.2) is 48.5 Å². The fraction of sp³-hybridized carbons (Fsp3) is 0.400. The summed E-state index contributed by atoms with van der Waals surface area (Å²) in [7, 11) is -0.271. The van der Waals surface area contributed by atoms with Gasteiger partial charge in [0.05, 0.1) is 27.1 Å². The standard InChI is InChI=1S/C20H26O5S/c1-5-19(15-6-10-17(23-2)11-7-15)20(14-25-26(4,21)22)16-8-12-18(24-3)13-9-16/h6-13,19-20H,5,14H2,1-4H3. The van der Waals surface area contributed by atoms with Crippen molar-refractivity contribution in [2.24, 2.45) is 0 Å². The van der Waals surface area contributed by atoms with Crippen LogP contribution in [0.3, 0.4) is 0 Å². The summed E-state index contributed by atoms with van der Waals surface area (Å²) < 4.78 is 38.7. The maximum atomic E-state index is 11.5. The normalized spacial score (nSPS) is 13.8. The van der Waals surface area contributed by atoms with E-state index >= 15 is 0 Å². The van der Waals surface area contributed by atoms with E-state index in [9.17, 15) is 8.42 Å². The van der Waals surface area contributed by atoms with E-state index in [1.165, 1.54) is 0 Å². The molecule has 0 aliphatic carbocycles. The second kappa shape index (κ2) is 9.05. The Kier molecular flexibility index (Phi) is 7.06. The van der Waals surface area contributed by atoms with Gasteiger partial charge in [-0.05, 0) is 47.7 Å². The average molecular weight is 378 g/mol. The molecule has 0 heterocycles. The highest BCUT2D eigenvalue weighted by molar-refractivity contribution is 7.85. The summed E-state index contributed by atoms with van der Waals surface area (Å²) in [6.45, 7) is 2.18. The van der Waals surface area contributed by atoms with Crippen molar-refractivity contribution in [2.75, 3.05) is 27.1 Å². The zero-order valence-electron chi connectivity index (χ0n) is 15.6. The summed E-state index contributed by atoms with van der Waals surface area (Å²) in [5.41, 5.74) is 2.13. The first-order valence-corrected chi connectivity index (χ1v) is 10.3. The highest BCUT2D eigenvalue weighted by atomic mass is 32.2. The molecule has 0 aromatic heterocycles. The molecule has 2 atom stereocenters. The Balaban J connectivity index is 2.37. The van der Waals surface area contributed by atoms with Gasteiger partial charge in [-0.25, -0.2) is 0 Å². The number of ether oxygens (including phenoxy) is 2. The smallest absolute Gasteiger partial charge is 0.264 e. The molecular weight excluding hydrogens is 352 g/mol. The maximum absolute atomic E-state index is 11.5. The van der Waals surface area contributed by atoms with Crippen molar-refractivity contribution in [2.45, 2.75) is 25.2 Å². The molecular formula is C20H26O5S. The van der Waals surface area contributed by atoms with Crippen molar-refractivity contribution < 1.29 is 22.1 Å². The second-order valence-electron chi connectivity index (χ2n) is 6.16. The molecule has 142 valence electrons. The summed E-state index contributed by atoms with van der Waals surface area (Å²) >= 11 is 0. The number of hydrogen-bond donors (Lipinski definition) is 0. The van der Waals surface area contributed by atoms with Gasteiger partial charge < -0.3 is 9.47 Å². The molecule has 0 N–H and O–H groups in total. The Morgan fingerprint density at radius 2 is 1.23 bits per heavy atom. The molecule has 0 aliphatic rings. The minimum absolute atomic E-state index is 0.0930. The zero-order valence-corrected chi connectivity index (χ0v) is 16.5. The van der Waals surface area contributed by atoms with Crippen LogP contribution < -0.4 is 9.47 Å². The number of methoxy groups -OCH3 is 2. The molecule has 2 rings (SSSR count). The van der Waals surface area contributed by atoms with E-state index in [0.717, 1.165) is 35.3 Å². The molecule has 2 unspecified atom stereocenters. The van der Waals surface area contributed by atoms with Gasteiger partial charge in [0.1, 0.15) is 11.5 Å².